The molecule has 2 aromatic carbocycles. The van der Waals surface area contributed by atoms with E-state index in [1.54, 1.807) is 18.3 Å². The number of rotatable bonds is 5. The molecule has 0 radical (unpaired) electrons. The molecule has 0 aliphatic rings. The predicted octanol–water partition coefficient (Wildman–Crippen LogP) is 2.66. The summed E-state index contributed by atoms with van der Waals surface area (Å²) < 4.78 is 18.3. The SMILES string of the molecule is Cc1ccccc1/C=N/NC(=O)COc1ccccc1F. The highest BCUT2D eigenvalue weighted by Gasteiger charge is 2.05. The largest absolute Gasteiger partial charge is 0.481 e. The van der Waals surface area contributed by atoms with E-state index in [0.29, 0.717) is 0 Å². The fourth-order valence-electron chi connectivity index (χ4n) is 1.64. The zero-order valence-corrected chi connectivity index (χ0v) is 11.5. The van der Waals surface area contributed by atoms with Crippen LogP contribution in [0.3, 0.4) is 0 Å². The highest BCUT2D eigenvalue weighted by atomic mass is 19.1. The standard InChI is InChI=1S/C16H15FN2O2/c1-12-6-2-3-7-13(12)10-18-19-16(20)11-21-15-9-5-4-8-14(15)17/h2-10H,11H2,1H3,(H,19,20)/b18-10+. The summed E-state index contributed by atoms with van der Waals surface area (Å²) in [6, 6.07) is 13.6. The van der Waals surface area contributed by atoms with Crippen molar-refractivity contribution < 1.29 is 13.9 Å². The first kappa shape index (κ1) is 14.7. The van der Waals surface area contributed by atoms with Crippen molar-refractivity contribution >= 4 is 12.1 Å². The molecular weight excluding hydrogens is 271 g/mol. The minimum absolute atomic E-state index is 0.0375. The second-order valence-electron chi connectivity index (χ2n) is 4.37. The molecule has 0 saturated carbocycles. The van der Waals surface area contributed by atoms with Crippen molar-refractivity contribution in [2.45, 2.75) is 6.92 Å². The molecule has 0 unspecified atom stereocenters. The first-order valence-electron chi connectivity index (χ1n) is 6.41. The van der Waals surface area contributed by atoms with Gasteiger partial charge in [0.1, 0.15) is 0 Å². The topological polar surface area (TPSA) is 50.7 Å². The minimum atomic E-state index is -0.506. The normalized spacial score (nSPS) is 10.6. The van der Waals surface area contributed by atoms with E-state index in [2.05, 4.69) is 10.5 Å². The first-order chi connectivity index (χ1) is 10.2. The van der Waals surface area contributed by atoms with Gasteiger partial charge >= 0.3 is 0 Å². The molecule has 2 rings (SSSR count). The van der Waals surface area contributed by atoms with Crippen LogP contribution in [-0.4, -0.2) is 18.7 Å². The van der Waals surface area contributed by atoms with Crippen molar-refractivity contribution in [3.05, 3.63) is 65.5 Å². The summed E-state index contributed by atoms with van der Waals surface area (Å²) in [6.45, 7) is 1.65. The molecule has 1 N–H and O–H groups in total. The van der Waals surface area contributed by atoms with Gasteiger partial charge in [-0.1, -0.05) is 36.4 Å². The highest BCUT2D eigenvalue weighted by Crippen LogP contribution is 2.14. The summed E-state index contributed by atoms with van der Waals surface area (Å²) in [7, 11) is 0. The van der Waals surface area contributed by atoms with Crippen LogP contribution in [0.25, 0.3) is 0 Å². The molecule has 0 atom stereocenters. The van der Waals surface area contributed by atoms with Gasteiger partial charge in [0.05, 0.1) is 6.21 Å². The zero-order valence-electron chi connectivity index (χ0n) is 11.5. The van der Waals surface area contributed by atoms with Crippen molar-refractivity contribution in [1.29, 1.82) is 0 Å². The van der Waals surface area contributed by atoms with Gasteiger partial charge in [0.2, 0.25) is 0 Å². The summed E-state index contributed by atoms with van der Waals surface area (Å²) >= 11 is 0. The van der Waals surface area contributed by atoms with E-state index in [1.807, 2.05) is 31.2 Å². The number of amides is 1. The van der Waals surface area contributed by atoms with Gasteiger partial charge in [-0.3, -0.25) is 4.79 Å². The van der Waals surface area contributed by atoms with E-state index in [4.69, 9.17) is 4.74 Å². The fourth-order valence-corrected chi connectivity index (χ4v) is 1.64. The molecule has 0 heterocycles. The quantitative estimate of drug-likeness (QED) is 0.678. The van der Waals surface area contributed by atoms with Gasteiger partial charge in [0.25, 0.3) is 5.91 Å². The molecular formula is C16H15FN2O2. The van der Waals surface area contributed by atoms with Gasteiger partial charge in [-0.05, 0) is 30.2 Å². The molecule has 1 amide bonds. The lowest BCUT2D eigenvalue weighted by Gasteiger charge is -2.05. The van der Waals surface area contributed by atoms with E-state index >= 15 is 0 Å². The van der Waals surface area contributed by atoms with E-state index in [0.717, 1.165) is 11.1 Å². The monoisotopic (exact) mass is 286 g/mol. The lowest BCUT2D eigenvalue weighted by molar-refractivity contribution is -0.123. The molecule has 0 spiro atoms. The van der Waals surface area contributed by atoms with Crippen molar-refractivity contribution in [3.8, 4) is 5.75 Å². The second-order valence-corrected chi connectivity index (χ2v) is 4.37. The number of hydrogen-bond acceptors (Lipinski definition) is 3. The molecule has 0 aliphatic heterocycles. The van der Waals surface area contributed by atoms with E-state index in [1.165, 1.54) is 12.1 Å². The Morgan fingerprint density at radius 1 is 1.24 bits per heavy atom. The smallest absolute Gasteiger partial charge is 0.277 e. The Morgan fingerprint density at radius 3 is 2.71 bits per heavy atom. The van der Waals surface area contributed by atoms with Gasteiger partial charge in [0.15, 0.2) is 18.2 Å². The first-order valence-corrected chi connectivity index (χ1v) is 6.41. The maximum atomic E-state index is 13.3. The molecule has 108 valence electrons. The summed E-state index contributed by atoms with van der Waals surface area (Å²) in [5.74, 6) is -0.924. The highest BCUT2D eigenvalue weighted by molar-refractivity contribution is 5.84. The van der Waals surface area contributed by atoms with Crippen LogP contribution in [0.2, 0.25) is 0 Å². The number of benzene rings is 2. The number of ether oxygens (including phenoxy) is 1. The third-order valence-corrected chi connectivity index (χ3v) is 2.78. The number of nitrogens with zero attached hydrogens (tertiary/aromatic N) is 1. The number of nitrogens with one attached hydrogen (secondary N) is 1. The molecule has 4 nitrogen and oxygen atoms in total. The number of hydrazone groups is 1. The van der Waals surface area contributed by atoms with Crippen LogP contribution in [0.4, 0.5) is 4.39 Å². The molecule has 0 fully saturated rings. The third-order valence-electron chi connectivity index (χ3n) is 2.78. The Balaban J connectivity index is 1.83. The Morgan fingerprint density at radius 2 is 1.95 bits per heavy atom. The average Bonchev–Trinajstić information content (AvgIpc) is 2.48. The Kier molecular flexibility index (Phi) is 5.04. The summed E-state index contributed by atoms with van der Waals surface area (Å²) in [5, 5.41) is 3.84. The van der Waals surface area contributed by atoms with Crippen molar-refractivity contribution in [2.24, 2.45) is 5.10 Å². The number of carbonyl (C=O) groups excluding carboxylic acids is 1. The number of carbonyl (C=O) groups is 1. The Labute approximate surface area is 122 Å². The predicted molar refractivity (Wildman–Crippen MR) is 78.8 cm³/mol. The van der Waals surface area contributed by atoms with Crippen molar-refractivity contribution in [1.82, 2.24) is 5.43 Å². The maximum Gasteiger partial charge on any atom is 0.277 e. The molecule has 0 bridgehead atoms. The summed E-state index contributed by atoms with van der Waals surface area (Å²) in [4.78, 5) is 11.5. The zero-order chi connectivity index (χ0) is 15.1. The van der Waals surface area contributed by atoms with E-state index < -0.39 is 11.7 Å². The van der Waals surface area contributed by atoms with Crippen molar-refractivity contribution in [3.63, 3.8) is 0 Å². The van der Waals surface area contributed by atoms with Gasteiger partial charge in [-0.2, -0.15) is 5.10 Å². The lowest BCUT2D eigenvalue weighted by Crippen LogP contribution is -2.24. The number of halogens is 1. The maximum absolute atomic E-state index is 13.3. The van der Waals surface area contributed by atoms with Gasteiger partial charge < -0.3 is 4.74 Å². The van der Waals surface area contributed by atoms with Gasteiger partial charge in [-0.25, -0.2) is 9.82 Å². The van der Waals surface area contributed by atoms with E-state index in [9.17, 15) is 9.18 Å². The van der Waals surface area contributed by atoms with Crippen LogP contribution >= 0.6 is 0 Å². The second kappa shape index (κ2) is 7.19. The fraction of sp³-hybridized carbons (Fsp3) is 0.125. The number of para-hydroxylation sites is 1. The summed E-state index contributed by atoms with van der Waals surface area (Å²) in [5.41, 5.74) is 4.29. The average molecular weight is 286 g/mol. The number of hydrogen-bond donors (Lipinski definition) is 1. The lowest BCUT2D eigenvalue weighted by atomic mass is 10.1. The van der Waals surface area contributed by atoms with Crippen LogP contribution in [-0.2, 0) is 4.79 Å². The van der Waals surface area contributed by atoms with Crippen LogP contribution in [0.1, 0.15) is 11.1 Å². The number of aryl methyl sites for hydroxylation is 1. The molecule has 0 saturated heterocycles. The third kappa shape index (κ3) is 4.42. The van der Waals surface area contributed by atoms with Gasteiger partial charge in [0, 0.05) is 0 Å². The van der Waals surface area contributed by atoms with E-state index in [-0.39, 0.29) is 12.4 Å². The Hall–Kier alpha value is -2.69. The Bertz CT molecular complexity index is 656. The molecule has 21 heavy (non-hydrogen) atoms. The minimum Gasteiger partial charge on any atom is -0.481 e. The van der Waals surface area contributed by atoms with Crippen LogP contribution < -0.4 is 10.2 Å². The van der Waals surface area contributed by atoms with Crippen LogP contribution in [0, 0.1) is 12.7 Å². The van der Waals surface area contributed by atoms with Crippen molar-refractivity contribution in [2.75, 3.05) is 6.61 Å². The summed E-state index contributed by atoms with van der Waals surface area (Å²) in [6.07, 6.45) is 1.55. The van der Waals surface area contributed by atoms with Crippen LogP contribution in [0.5, 0.6) is 5.75 Å². The van der Waals surface area contributed by atoms with Crippen LogP contribution in [0.15, 0.2) is 53.6 Å². The molecule has 5 heteroatoms. The molecule has 0 aliphatic carbocycles. The van der Waals surface area contributed by atoms with Gasteiger partial charge in [-0.15, -0.1) is 0 Å². The molecule has 0 aromatic heterocycles. The molecule has 2 aromatic rings.